The molecule has 108 valence electrons. The van der Waals surface area contributed by atoms with Gasteiger partial charge in [-0.25, -0.2) is 0 Å². The molecule has 0 aliphatic carbocycles. The Bertz CT molecular complexity index is 698. The maximum absolute atomic E-state index is 12.6. The van der Waals surface area contributed by atoms with Crippen molar-refractivity contribution >= 4 is 5.78 Å². The van der Waals surface area contributed by atoms with Crippen molar-refractivity contribution in [2.45, 2.75) is 20.3 Å². The molecule has 0 saturated heterocycles. The van der Waals surface area contributed by atoms with Crippen LogP contribution in [0, 0.1) is 13.8 Å². The van der Waals surface area contributed by atoms with Crippen LogP contribution < -0.4 is 9.47 Å². The quantitative estimate of drug-likeness (QED) is 0.793. The van der Waals surface area contributed by atoms with E-state index < -0.39 is 0 Å². The van der Waals surface area contributed by atoms with Crippen LogP contribution in [0.4, 0.5) is 0 Å². The number of benzene rings is 1. The molecule has 2 aromatic rings. The summed E-state index contributed by atoms with van der Waals surface area (Å²) in [5.74, 6) is 1.22. The number of carbonyl (C=O) groups excluding carboxylic acids is 1. The van der Waals surface area contributed by atoms with E-state index in [0.717, 1.165) is 12.1 Å². The van der Waals surface area contributed by atoms with Crippen molar-refractivity contribution in [3.63, 3.8) is 0 Å². The van der Waals surface area contributed by atoms with Crippen molar-refractivity contribution < 1.29 is 14.3 Å². The molecule has 0 amide bonds. The van der Waals surface area contributed by atoms with E-state index in [2.05, 4.69) is 10.2 Å². The van der Waals surface area contributed by atoms with Gasteiger partial charge in [-0.15, -0.1) is 0 Å². The number of ketones is 1. The average Bonchev–Trinajstić information content (AvgIpc) is 2.73. The van der Waals surface area contributed by atoms with E-state index in [0.29, 0.717) is 41.5 Å². The summed E-state index contributed by atoms with van der Waals surface area (Å²) in [7, 11) is 0. The molecule has 0 unspecified atom stereocenters. The number of rotatable bonds is 2. The number of nitrogens with zero attached hydrogens (tertiary/aromatic N) is 2. The van der Waals surface area contributed by atoms with Gasteiger partial charge in [0.25, 0.3) is 0 Å². The number of aromatic nitrogens is 2. The second-order valence-corrected chi connectivity index (χ2v) is 5.03. The highest BCUT2D eigenvalue weighted by atomic mass is 16.5. The van der Waals surface area contributed by atoms with E-state index >= 15 is 0 Å². The Balaban J connectivity index is 1.98. The Labute approximate surface area is 122 Å². The fourth-order valence-electron chi connectivity index (χ4n) is 2.24. The lowest BCUT2D eigenvalue weighted by atomic mass is 10.0. The minimum atomic E-state index is -0.0823. The van der Waals surface area contributed by atoms with Gasteiger partial charge in [-0.3, -0.25) is 4.79 Å². The fraction of sp³-hybridized carbons (Fsp3) is 0.312. The summed E-state index contributed by atoms with van der Waals surface area (Å²) < 4.78 is 11.2. The van der Waals surface area contributed by atoms with Crippen molar-refractivity contribution in [2.24, 2.45) is 0 Å². The zero-order chi connectivity index (χ0) is 14.8. The first-order chi connectivity index (χ1) is 10.1. The summed E-state index contributed by atoms with van der Waals surface area (Å²) in [4.78, 5) is 12.6. The predicted octanol–water partition coefficient (Wildman–Crippen LogP) is 2.49. The molecule has 1 aliphatic heterocycles. The van der Waals surface area contributed by atoms with Crippen LogP contribution in [-0.4, -0.2) is 29.2 Å². The van der Waals surface area contributed by atoms with Crippen molar-refractivity contribution in [2.75, 3.05) is 13.2 Å². The van der Waals surface area contributed by atoms with Gasteiger partial charge in [-0.2, -0.15) is 10.2 Å². The van der Waals surface area contributed by atoms with E-state index in [4.69, 9.17) is 9.47 Å². The second kappa shape index (κ2) is 5.52. The van der Waals surface area contributed by atoms with Gasteiger partial charge in [0.15, 0.2) is 17.3 Å². The third kappa shape index (κ3) is 2.72. The van der Waals surface area contributed by atoms with Gasteiger partial charge >= 0.3 is 0 Å². The first-order valence-corrected chi connectivity index (χ1v) is 6.90. The Hall–Kier alpha value is -2.43. The summed E-state index contributed by atoms with van der Waals surface area (Å²) in [6.07, 6.45) is 0.838. The summed E-state index contributed by atoms with van der Waals surface area (Å²) in [5.41, 5.74) is 2.47. The molecular weight excluding hydrogens is 268 g/mol. The molecule has 0 spiro atoms. The van der Waals surface area contributed by atoms with Crippen LogP contribution in [0.3, 0.4) is 0 Å². The van der Waals surface area contributed by atoms with Crippen molar-refractivity contribution in [1.82, 2.24) is 10.2 Å². The fourth-order valence-corrected chi connectivity index (χ4v) is 2.24. The van der Waals surface area contributed by atoms with Crippen LogP contribution in [0.1, 0.15) is 33.7 Å². The van der Waals surface area contributed by atoms with Crippen LogP contribution >= 0.6 is 0 Å². The highest BCUT2D eigenvalue weighted by Crippen LogP contribution is 2.31. The van der Waals surface area contributed by atoms with Crippen molar-refractivity contribution in [3.05, 3.63) is 46.8 Å². The maximum atomic E-state index is 12.6. The summed E-state index contributed by atoms with van der Waals surface area (Å²) >= 11 is 0. The van der Waals surface area contributed by atoms with Crippen LogP contribution in [0.15, 0.2) is 24.3 Å². The molecule has 5 nitrogen and oxygen atoms in total. The molecule has 2 heterocycles. The normalized spacial score (nSPS) is 13.6. The highest BCUT2D eigenvalue weighted by molar-refractivity contribution is 6.10. The lowest BCUT2D eigenvalue weighted by Crippen LogP contribution is -2.07. The largest absolute Gasteiger partial charge is 0.490 e. The van der Waals surface area contributed by atoms with Crippen LogP contribution in [0.25, 0.3) is 0 Å². The number of hydrogen-bond donors (Lipinski definition) is 0. The molecule has 1 aliphatic rings. The van der Waals surface area contributed by atoms with Gasteiger partial charge in [0, 0.05) is 17.5 Å². The molecule has 0 saturated carbocycles. The number of carbonyl (C=O) groups is 1. The van der Waals surface area contributed by atoms with Gasteiger partial charge in [-0.1, -0.05) is 0 Å². The van der Waals surface area contributed by atoms with Gasteiger partial charge in [0.1, 0.15) is 0 Å². The highest BCUT2D eigenvalue weighted by Gasteiger charge is 2.17. The second-order valence-electron chi connectivity index (χ2n) is 5.03. The van der Waals surface area contributed by atoms with Gasteiger partial charge in [0.05, 0.1) is 24.6 Å². The smallest absolute Gasteiger partial charge is 0.195 e. The van der Waals surface area contributed by atoms with Crippen molar-refractivity contribution in [3.8, 4) is 11.5 Å². The lowest BCUT2D eigenvalue weighted by molar-refractivity contribution is 0.103. The SMILES string of the molecule is Cc1cc(C(=O)c2ccc3c(c2)OCCCO3)c(C)nn1. The zero-order valence-corrected chi connectivity index (χ0v) is 12.0. The van der Waals surface area contributed by atoms with Gasteiger partial charge < -0.3 is 9.47 Å². The molecule has 21 heavy (non-hydrogen) atoms. The van der Waals surface area contributed by atoms with E-state index in [1.54, 1.807) is 31.2 Å². The lowest BCUT2D eigenvalue weighted by Gasteiger charge is -2.09. The molecule has 3 rings (SSSR count). The third-order valence-electron chi connectivity index (χ3n) is 3.36. The minimum absolute atomic E-state index is 0.0823. The number of fused-ring (bicyclic) bond motifs is 1. The third-order valence-corrected chi connectivity index (χ3v) is 3.36. The van der Waals surface area contributed by atoms with E-state index in [1.165, 1.54) is 0 Å². The van der Waals surface area contributed by atoms with Gasteiger partial charge in [-0.05, 0) is 38.1 Å². The van der Waals surface area contributed by atoms with Crippen LogP contribution in [0.2, 0.25) is 0 Å². The Morgan fingerprint density at radius 1 is 1.05 bits per heavy atom. The predicted molar refractivity (Wildman–Crippen MR) is 77.0 cm³/mol. The van der Waals surface area contributed by atoms with Crippen LogP contribution in [-0.2, 0) is 0 Å². The standard InChI is InChI=1S/C16H16N2O3/c1-10-8-13(11(2)18-17-10)16(19)12-4-5-14-15(9-12)21-7-3-6-20-14/h4-5,8-9H,3,6-7H2,1-2H3. The van der Waals surface area contributed by atoms with E-state index in [1.807, 2.05) is 6.92 Å². The molecular formula is C16H16N2O3. The average molecular weight is 284 g/mol. The molecule has 0 bridgehead atoms. The monoisotopic (exact) mass is 284 g/mol. The zero-order valence-electron chi connectivity index (χ0n) is 12.0. The maximum Gasteiger partial charge on any atom is 0.195 e. The molecule has 1 aromatic heterocycles. The Morgan fingerprint density at radius 2 is 1.81 bits per heavy atom. The van der Waals surface area contributed by atoms with Crippen molar-refractivity contribution in [1.29, 1.82) is 0 Å². The summed E-state index contributed by atoms with van der Waals surface area (Å²) in [6, 6.07) is 7.03. The number of aryl methyl sites for hydroxylation is 2. The Morgan fingerprint density at radius 3 is 2.62 bits per heavy atom. The van der Waals surface area contributed by atoms with E-state index in [9.17, 15) is 4.79 Å². The summed E-state index contributed by atoms with van der Waals surface area (Å²) in [5, 5.41) is 7.95. The molecule has 0 N–H and O–H groups in total. The van der Waals surface area contributed by atoms with Gasteiger partial charge in [0.2, 0.25) is 0 Å². The topological polar surface area (TPSA) is 61.3 Å². The molecule has 0 radical (unpaired) electrons. The number of hydrogen-bond acceptors (Lipinski definition) is 5. The molecule has 1 aromatic carbocycles. The minimum Gasteiger partial charge on any atom is -0.490 e. The van der Waals surface area contributed by atoms with E-state index in [-0.39, 0.29) is 5.78 Å². The number of ether oxygens (including phenoxy) is 2. The molecule has 0 atom stereocenters. The molecule has 0 fully saturated rings. The summed E-state index contributed by atoms with van der Waals surface area (Å²) in [6.45, 7) is 4.83. The first kappa shape index (κ1) is 13.5. The Kier molecular flexibility index (Phi) is 3.56. The first-order valence-electron chi connectivity index (χ1n) is 6.90. The molecule has 5 heteroatoms. The van der Waals surface area contributed by atoms with Crippen LogP contribution in [0.5, 0.6) is 11.5 Å².